The lowest BCUT2D eigenvalue weighted by molar-refractivity contribution is 0.0952. The van der Waals surface area contributed by atoms with Gasteiger partial charge in [-0.2, -0.15) is 0 Å². The van der Waals surface area contributed by atoms with Gasteiger partial charge in [0.2, 0.25) is 5.95 Å². The lowest BCUT2D eigenvalue weighted by atomic mass is 10.2. The Morgan fingerprint density at radius 2 is 1.87 bits per heavy atom. The molecule has 0 aliphatic carbocycles. The van der Waals surface area contributed by atoms with E-state index >= 15 is 0 Å². The van der Waals surface area contributed by atoms with Crippen molar-refractivity contribution in [3.63, 3.8) is 0 Å². The Bertz CT molecular complexity index is 1140. The number of carbonyl (C=O) groups is 1. The predicted molar refractivity (Wildman–Crippen MR) is 128 cm³/mol. The van der Waals surface area contributed by atoms with Crippen LogP contribution in [0.25, 0.3) is 20.7 Å². The predicted octanol–water partition coefficient (Wildman–Crippen LogP) is 4.78. The monoisotopic (exact) mass is 431 g/mol. The van der Waals surface area contributed by atoms with Crippen molar-refractivity contribution in [1.29, 1.82) is 0 Å². The fourth-order valence-electron chi connectivity index (χ4n) is 3.20. The van der Waals surface area contributed by atoms with Crippen molar-refractivity contribution in [1.82, 2.24) is 20.2 Å². The lowest BCUT2D eigenvalue weighted by Crippen LogP contribution is -2.27. The van der Waals surface area contributed by atoms with Crippen molar-refractivity contribution in [2.75, 3.05) is 32.5 Å². The van der Waals surface area contributed by atoms with Gasteiger partial charge in [-0.3, -0.25) is 4.79 Å². The molecule has 6 nitrogen and oxygen atoms in total. The molecular formula is C24H25N5OS. The van der Waals surface area contributed by atoms with Crippen LogP contribution in [-0.2, 0) is 0 Å². The molecule has 0 aliphatic heterocycles. The van der Waals surface area contributed by atoms with Gasteiger partial charge in [-0.15, -0.1) is 11.3 Å². The van der Waals surface area contributed by atoms with Crippen molar-refractivity contribution in [2.45, 2.75) is 6.42 Å². The van der Waals surface area contributed by atoms with Crippen molar-refractivity contribution in [2.24, 2.45) is 0 Å². The standard InChI is InChI=1S/C24H25N5OS/c1-29(2)15-5-13-25-23(30)17-8-10-19(11-9-17)27-24-26-14-12-20(28-24)22-16-18-6-3-4-7-21(18)31-22/h3-4,6-12,14,16H,5,13,15H2,1-2H3,(H,25,30)(H,26,27,28). The molecule has 2 aromatic heterocycles. The molecule has 0 saturated carbocycles. The Morgan fingerprint density at radius 3 is 2.65 bits per heavy atom. The molecule has 4 aromatic rings. The molecule has 2 aromatic carbocycles. The van der Waals surface area contributed by atoms with E-state index in [2.05, 4.69) is 43.7 Å². The van der Waals surface area contributed by atoms with E-state index in [1.165, 1.54) is 10.1 Å². The minimum absolute atomic E-state index is 0.0617. The highest BCUT2D eigenvalue weighted by molar-refractivity contribution is 7.22. The Labute approximate surface area is 186 Å². The van der Waals surface area contributed by atoms with Crippen LogP contribution in [0.1, 0.15) is 16.8 Å². The van der Waals surface area contributed by atoms with Gasteiger partial charge in [0.05, 0.1) is 10.6 Å². The zero-order valence-electron chi connectivity index (χ0n) is 17.6. The van der Waals surface area contributed by atoms with E-state index in [0.29, 0.717) is 18.1 Å². The summed E-state index contributed by atoms with van der Waals surface area (Å²) >= 11 is 1.71. The van der Waals surface area contributed by atoms with E-state index in [4.69, 9.17) is 0 Å². The molecule has 0 aliphatic rings. The minimum atomic E-state index is -0.0617. The summed E-state index contributed by atoms with van der Waals surface area (Å²) in [7, 11) is 4.05. The molecule has 7 heteroatoms. The fraction of sp³-hybridized carbons (Fsp3) is 0.208. The van der Waals surface area contributed by atoms with Crippen LogP contribution in [-0.4, -0.2) is 48.0 Å². The van der Waals surface area contributed by atoms with E-state index in [-0.39, 0.29) is 5.91 Å². The second kappa shape index (κ2) is 9.68. The molecule has 2 N–H and O–H groups in total. The maximum atomic E-state index is 12.3. The van der Waals surface area contributed by atoms with Gasteiger partial charge in [0, 0.05) is 28.7 Å². The van der Waals surface area contributed by atoms with Crippen LogP contribution >= 0.6 is 11.3 Å². The number of nitrogens with zero attached hydrogens (tertiary/aromatic N) is 3. The minimum Gasteiger partial charge on any atom is -0.352 e. The van der Waals surface area contributed by atoms with Crippen molar-refractivity contribution in [3.05, 3.63) is 72.4 Å². The lowest BCUT2D eigenvalue weighted by Gasteiger charge is -2.10. The molecule has 0 bridgehead atoms. The van der Waals surface area contributed by atoms with Gasteiger partial charge in [0.1, 0.15) is 0 Å². The summed E-state index contributed by atoms with van der Waals surface area (Å²) < 4.78 is 1.24. The van der Waals surface area contributed by atoms with Gasteiger partial charge in [0.25, 0.3) is 5.91 Å². The Balaban J connectivity index is 1.40. The van der Waals surface area contributed by atoms with E-state index < -0.39 is 0 Å². The van der Waals surface area contributed by atoms with Gasteiger partial charge in [0.15, 0.2) is 0 Å². The zero-order chi connectivity index (χ0) is 21.6. The van der Waals surface area contributed by atoms with Crippen molar-refractivity contribution < 1.29 is 4.79 Å². The molecule has 4 rings (SSSR count). The SMILES string of the molecule is CN(C)CCCNC(=O)c1ccc(Nc2nccc(-c3cc4ccccc4s3)n2)cc1. The summed E-state index contributed by atoms with van der Waals surface area (Å²) in [4.78, 5) is 24.5. The van der Waals surface area contributed by atoms with Crippen LogP contribution in [0.15, 0.2) is 66.9 Å². The first-order valence-corrected chi connectivity index (χ1v) is 11.0. The van der Waals surface area contributed by atoms with Gasteiger partial charge in [-0.1, -0.05) is 18.2 Å². The largest absolute Gasteiger partial charge is 0.352 e. The van der Waals surface area contributed by atoms with E-state index in [1.807, 2.05) is 44.4 Å². The highest BCUT2D eigenvalue weighted by Crippen LogP contribution is 2.32. The average molecular weight is 432 g/mol. The molecule has 0 unspecified atom stereocenters. The van der Waals surface area contributed by atoms with E-state index in [1.54, 1.807) is 29.7 Å². The third kappa shape index (κ3) is 5.45. The van der Waals surface area contributed by atoms with Crippen LogP contribution in [0.5, 0.6) is 0 Å². The number of fused-ring (bicyclic) bond motifs is 1. The van der Waals surface area contributed by atoms with E-state index in [0.717, 1.165) is 29.2 Å². The number of nitrogens with one attached hydrogen (secondary N) is 2. The van der Waals surface area contributed by atoms with E-state index in [9.17, 15) is 4.79 Å². The average Bonchev–Trinajstić information content (AvgIpc) is 3.22. The molecule has 2 heterocycles. The molecular weight excluding hydrogens is 406 g/mol. The fourth-order valence-corrected chi connectivity index (χ4v) is 4.23. The van der Waals surface area contributed by atoms with Crippen LogP contribution in [0.2, 0.25) is 0 Å². The smallest absolute Gasteiger partial charge is 0.251 e. The molecule has 0 atom stereocenters. The summed E-state index contributed by atoms with van der Waals surface area (Å²) in [5.74, 6) is 0.462. The quantitative estimate of drug-likeness (QED) is 0.393. The maximum absolute atomic E-state index is 12.3. The third-order valence-electron chi connectivity index (χ3n) is 4.80. The topological polar surface area (TPSA) is 70.2 Å². The first-order valence-electron chi connectivity index (χ1n) is 10.2. The number of rotatable bonds is 8. The Morgan fingerprint density at radius 1 is 1.06 bits per heavy atom. The highest BCUT2D eigenvalue weighted by atomic mass is 32.1. The van der Waals surface area contributed by atoms with Crippen molar-refractivity contribution >= 4 is 39.0 Å². The number of thiophene rings is 1. The Kier molecular flexibility index (Phi) is 6.54. The summed E-state index contributed by atoms with van der Waals surface area (Å²) in [5.41, 5.74) is 2.35. The summed E-state index contributed by atoms with van der Waals surface area (Å²) in [6.45, 7) is 1.61. The normalized spacial score (nSPS) is 11.1. The van der Waals surface area contributed by atoms with Gasteiger partial charge in [-0.25, -0.2) is 9.97 Å². The number of carbonyl (C=O) groups excluding carboxylic acids is 1. The molecule has 0 fully saturated rings. The summed E-state index contributed by atoms with van der Waals surface area (Å²) in [6.07, 6.45) is 2.68. The second-order valence-electron chi connectivity index (χ2n) is 7.53. The number of aromatic nitrogens is 2. The molecule has 0 saturated heterocycles. The molecule has 158 valence electrons. The van der Waals surface area contributed by atoms with Gasteiger partial charge < -0.3 is 15.5 Å². The molecule has 0 spiro atoms. The van der Waals surface area contributed by atoms with Gasteiger partial charge in [-0.05, 0) is 74.9 Å². The third-order valence-corrected chi connectivity index (χ3v) is 5.94. The van der Waals surface area contributed by atoms with Crippen LogP contribution in [0, 0.1) is 0 Å². The number of anilines is 2. The summed E-state index contributed by atoms with van der Waals surface area (Å²) in [6, 6.07) is 19.7. The molecule has 1 amide bonds. The van der Waals surface area contributed by atoms with Crippen molar-refractivity contribution in [3.8, 4) is 10.6 Å². The zero-order valence-corrected chi connectivity index (χ0v) is 18.4. The highest BCUT2D eigenvalue weighted by Gasteiger charge is 2.08. The molecule has 31 heavy (non-hydrogen) atoms. The second-order valence-corrected chi connectivity index (χ2v) is 8.61. The molecule has 0 radical (unpaired) electrons. The number of hydrogen-bond donors (Lipinski definition) is 2. The number of benzene rings is 2. The number of amides is 1. The van der Waals surface area contributed by atoms with Crippen LogP contribution in [0.4, 0.5) is 11.6 Å². The van der Waals surface area contributed by atoms with Crippen LogP contribution < -0.4 is 10.6 Å². The van der Waals surface area contributed by atoms with Crippen LogP contribution in [0.3, 0.4) is 0 Å². The number of hydrogen-bond acceptors (Lipinski definition) is 6. The first kappa shape index (κ1) is 21.0. The Hall–Kier alpha value is -3.29. The summed E-state index contributed by atoms with van der Waals surface area (Å²) in [5, 5.41) is 7.39. The maximum Gasteiger partial charge on any atom is 0.251 e. The van der Waals surface area contributed by atoms with Gasteiger partial charge >= 0.3 is 0 Å². The first-order chi connectivity index (χ1) is 15.1.